The molecule has 2 aliphatic rings. The third-order valence-electron chi connectivity index (χ3n) is 11.9. The summed E-state index contributed by atoms with van der Waals surface area (Å²) >= 11 is 0. The number of aromatic nitrogens is 2. The maximum Gasteiger partial charge on any atom is 0.267 e. The van der Waals surface area contributed by atoms with Crippen molar-refractivity contribution in [1.82, 2.24) is 41.0 Å². The number of likely N-dealkylation sites (N-methyl/N-ethyl adjacent to an activating group) is 2. The number of hydrogen-bond donors (Lipinski definition) is 7. The molecule has 7 atom stereocenters. The molecule has 0 bridgehead atoms. The quantitative estimate of drug-likeness (QED) is 0.0892. The van der Waals surface area contributed by atoms with Crippen LogP contribution in [0.2, 0.25) is 0 Å². The van der Waals surface area contributed by atoms with Gasteiger partial charge in [-0.05, 0) is 108 Å². The standard InChI is InChI=1S/C42H54F4N8O5/c1-7-32(51-38(56)21(3)47-5)40(58)53-19-27(55)15-25(53)16-30-28-11-9-23(43)13-34(28)49-36(30)37-31(29-12-10-24(44)14-35(29)50-37)17-26-18-42(45,46)20-54(26)41(59)33(8-2)52-39(57)22(4)48-6/h9-14,21-22,25-27,32-33,47-50,55H,7-8,15-20H2,1-6H3,(H,51,56)(H,52,57)/t21-,22-,25-,26+,27-,32-,33-/m0/s1. The van der Waals surface area contributed by atoms with E-state index in [1.807, 2.05) is 0 Å². The number of nitrogens with one attached hydrogen (secondary N) is 6. The summed E-state index contributed by atoms with van der Waals surface area (Å²) in [7, 11) is 3.22. The fraction of sp³-hybridized carbons (Fsp3) is 0.524. The lowest BCUT2D eigenvalue weighted by atomic mass is 9.94. The van der Waals surface area contributed by atoms with Gasteiger partial charge >= 0.3 is 0 Å². The number of fused-ring (bicyclic) bond motifs is 2. The number of aliphatic hydroxyl groups is 1. The van der Waals surface area contributed by atoms with E-state index in [4.69, 9.17) is 0 Å². The normalized spacial score (nSPS) is 21.2. The van der Waals surface area contributed by atoms with Crippen molar-refractivity contribution in [2.45, 2.75) is 114 Å². The third kappa shape index (κ3) is 9.11. The third-order valence-corrected chi connectivity index (χ3v) is 11.9. The zero-order valence-corrected chi connectivity index (χ0v) is 34.1. The summed E-state index contributed by atoms with van der Waals surface area (Å²) in [5.74, 6) is -6.12. The molecule has 0 unspecified atom stereocenters. The van der Waals surface area contributed by atoms with Gasteiger partial charge in [0.2, 0.25) is 23.6 Å². The minimum Gasteiger partial charge on any atom is -0.391 e. The van der Waals surface area contributed by atoms with Crippen molar-refractivity contribution in [2.75, 3.05) is 27.2 Å². The summed E-state index contributed by atoms with van der Waals surface area (Å²) in [6.07, 6.45) is -0.773. The molecule has 0 radical (unpaired) electrons. The fourth-order valence-electron chi connectivity index (χ4n) is 8.40. The largest absolute Gasteiger partial charge is 0.391 e. The predicted octanol–water partition coefficient (Wildman–Crippen LogP) is 3.88. The molecular weight excluding hydrogens is 773 g/mol. The molecule has 17 heteroatoms. The van der Waals surface area contributed by atoms with Gasteiger partial charge in [0.15, 0.2) is 0 Å². The minimum absolute atomic E-state index is 0.0213. The highest BCUT2D eigenvalue weighted by Gasteiger charge is 2.48. The lowest BCUT2D eigenvalue weighted by Crippen LogP contribution is -2.53. The van der Waals surface area contributed by atoms with E-state index in [0.29, 0.717) is 50.7 Å². The van der Waals surface area contributed by atoms with Crippen LogP contribution in [0, 0.1) is 11.6 Å². The molecule has 4 aromatic rings. The first kappa shape index (κ1) is 43.6. The minimum atomic E-state index is -3.23. The molecule has 59 heavy (non-hydrogen) atoms. The van der Waals surface area contributed by atoms with Crippen molar-refractivity contribution in [3.63, 3.8) is 0 Å². The molecule has 13 nitrogen and oxygen atoms in total. The Morgan fingerprint density at radius 3 is 1.69 bits per heavy atom. The van der Waals surface area contributed by atoms with Crippen LogP contribution in [0.1, 0.15) is 64.5 Å². The van der Waals surface area contributed by atoms with Gasteiger partial charge in [0.05, 0.1) is 36.1 Å². The molecular formula is C42H54F4N8O5. The van der Waals surface area contributed by atoms with E-state index in [-0.39, 0.29) is 44.0 Å². The number of hydrogen-bond acceptors (Lipinski definition) is 7. The number of benzene rings is 2. The molecule has 4 heterocycles. The van der Waals surface area contributed by atoms with E-state index in [2.05, 4.69) is 31.2 Å². The summed E-state index contributed by atoms with van der Waals surface area (Å²) < 4.78 is 60.3. The maximum absolute atomic E-state index is 15.4. The van der Waals surface area contributed by atoms with Gasteiger partial charge in [0, 0.05) is 46.9 Å². The molecule has 2 aromatic heterocycles. The van der Waals surface area contributed by atoms with Crippen LogP contribution in [-0.4, -0.2) is 124 Å². The van der Waals surface area contributed by atoms with Gasteiger partial charge in [-0.3, -0.25) is 19.2 Å². The monoisotopic (exact) mass is 826 g/mol. The Kier molecular flexibility index (Phi) is 13.1. The average Bonchev–Trinajstić information content (AvgIpc) is 3.94. The molecule has 0 saturated carbocycles. The van der Waals surface area contributed by atoms with Crippen LogP contribution in [0.3, 0.4) is 0 Å². The van der Waals surface area contributed by atoms with Crippen molar-refractivity contribution >= 4 is 45.4 Å². The van der Waals surface area contributed by atoms with E-state index in [9.17, 15) is 33.1 Å². The molecule has 4 amide bonds. The highest BCUT2D eigenvalue weighted by molar-refractivity contribution is 5.97. The summed E-state index contributed by atoms with van der Waals surface area (Å²) in [5.41, 5.74) is 2.74. The number of alkyl halides is 2. The van der Waals surface area contributed by atoms with Crippen LogP contribution in [0.15, 0.2) is 36.4 Å². The first-order valence-electron chi connectivity index (χ1n) is 20.2. The van der Waals surface area contributed by atoms with Crippen molar-refractivity contribution in [3.05, 3.63) is 59.2 Å². The first-order chi connectivity index (χ1) is 28.0. The number of likely N-dealkylation sites (tertiary alicyclic amines) is 2. The van der Waals surface area contributed by atoms with E-state index in [0.717, 1.165) is 4.90 Å². The van der Waals surface area contributed by atoms with Crippen LogP contribution in [0.25, 0.3) is 33.2 Å². The van der Waals surface area contributed by atoms with Crippen molar-refractivity contribution in [3.8, 4) is 11.4 Å². The number of aliphatic hydroxyl groups excluding tert-OH is 1. The lowest BCUT2D eigenvalue weighted by molar-refractivity contribution is -0.138. The number of nitrogens with zero attached hydrogens (tertiary/aromatic N) is 2. The van der Waals surface area contributed by atoms with Crippen molar-refractivity contribution in [2.24, 2.45) is 0 Å². The van der Waals surface area contributed by atoms with Gasteiger partial charge in [0.1, 0.15) is 23.7 Å². The molecule has 0 spiro atoms. The second kappa shape index (κ2) is 17.7. The van der Waals surface area contributed by atoms with E-state index in [1.165, 1.54) is 30.3 Å². The number of β-amino-alcohol motifs (C(OH)–C–C–N with tert-alkyl or cyclic N) is 1. The zero-order valence-electron chi connectivity index (χ0n) is 34.1. The summed E-state index contributed by atoms with van der Waals surface area (Å²) in [4.78, 5) is 62.8. The Hall–Kier alpha value is -5.00. The van der Waals surface area contributed by atoms with Gasteiger partial charge in [-0.15, -0.1) is 0 Å². The summed E-state index contributed by atoms with van der Waals surface area (Å²) in [6.45, 7) is 5.92. The Morgan fingerprint density at radius 2 is 1.24 bits per heavy atom. The SMILES string of the molecule is CC[C@H](NC(=O)[C@H](C)NC)C(=O)N1C[C@@H](O)C[C@H]1Cc1c(-c2[nH]c3cc(F)ccc3c2C[C@@H]2CC(F)(F)CN2C(=O)[C@H](CC)NC(=O)[C@H](C)NC)[nH]c2cc(F)ccc12. The first-order valence-corrected chi connectivity index (χ1v) is 20.2. The molecule has 2 aromatic carbocycles. The highest BCUT2D eigenvalue weighted by atomic mass is 19.3. The fourth-order valence-corrected chi connectivity index (χ4v) is 8.40. The topological polar surface area (TPSA) is 175 Å². The van der Waals surface area contributed by atoms with Crippen LogP contribution in [0.5, 0.6) is 0 Å². The van der Waals surface area contributed by atoms with Crippen LogP contribution < -0.4 is 21.3 Å². The highest BCUT2D eigenvalue weighted by Crippen LogP contribution is 2.41. The lowest BCUT2D eigenvalue weighted by Gasteiger charge is -2.30. The van der Waals surface area contributed by atoms with E-state index in [1.54, 1.807) is 52.8 Å². The Balaban J connectivity index is 1.41. The average molecular weight is 827 g/mol. The summed E-state index contributed by atoms with van der Waals surface area (Å²) in [5, 5.41) is 23.2. The number of rotatable bonds is 15. The van der Waals surface area contributed by atoms with Crippen LogP contribution in [0.4, 0.5) is 17.6 Å². The van der Waals surface area contributed by atoms with Gasteiger partial charge in [-0.25, -0.2) is 17.6 Å². The zero-order chi connectivity index (χ0) is 42.9. The Labute approximate surface area is 340 Å². The molecule has 7 N–H and O–H groups in total. The summed E-state index contributed by atoms with van der Waals surface area (Å²) in [6, 6.07) is 3.61. The molecule has 0 aliphatic carbocycles. The smallest absolute Gasteiger partial charge is 0.267 e. The number of aromatic amines is 2. The van der Waals surface area contributed by atoms with Gasteiger partial charge < -0.3 is 46.1 Å². The number of halogens is 4. The second-order valence-corrected chi connectivity index (χ2v) is 15.9. The Morgan fingerprint density at radius 1 is 0.780 bits per heavy atom. The van der Waals surface area contributed by atoms with Gasteiger partial charge in [0.25, 0.3) is 5.92 Å². The second-order valence-electron chi connectivity index (χ2n) is 15.9. The maximum atomic E-state index is 15.4. The molecule has 2 saturated heterocycles. The predicted molar refractivity (Wildman–Crippen MR) is 216 cm³/mol. The number of amides is 4. The Bertz CT molecular complexity index is 2210. The number of H-pyrrole nitrogens is 2. The molecule has 2 aliphatic heterocycles. The van der Waals surface area contributed by atoms with Gasteiger partial charge in [-0.1, -0.05) is 13.8 Å². The molecule has 320 valence electrons. The van der Waals surface area contributed by atoms with E-state index < -0.39 is 84.7 Å². The number of carbonyl (C=O) groups is 4. The van der Waals surface area contributed by atoms with Crippen LogP contribution in [-0.2, 0) is 32.0 Å². The number of carbonyl (C=O) groups excluding carboxylic acids is 4. The molecule has 6 rings (SSSR count). The van der Waals surface area contributed by atoms with E-state index >= 15 is 8.78 Å². The van der Waals surface area contributed by atoms with Crippen molar-refractivity contribution in [1.29, 1.82) is 0 Å². The van der Waals surface area contributed by atoms with Crippen molar-refractivity contribution < 1.29 is 41.8 Å². The molecule has 2 fully saturated rings. The van der Waals surface area contributed by atoms with Gasteiger partial charge in [-0.2, -0.15) is 0 Å². The van der Waals surface area contributed by atoms with Crippen LogP contribution >= 0.6 is 0 Å².